The molecule has 0 atom stereocenters. The van der Waals surface area contributed by atoms with Crippen molar-refractivity contribution >= 4 is 49.6 Å². The van der Waals surface area contributed by atoms with Gasteiger partial charge < -0.3 is 14.1 Å². The smallest absolute Gasteiger partial charge is 0.354 e. The molecule has 33 heavy (non-hydrogen) atoms. The van der Waals surface area contributed by atoms with Gasteiger partial charge in [-0.3, -0.25) is 4.79 Å². The second kappa shape index (κ2) is 8.53. The normalized spacial score (nSPS) is 11.3. The van der Waals surface area contributed by atoms with Crippen molar-refractivity contribution in [3.05, 3.63) is 109 Å². The summed E-state index contributed by atoms with van der Waals surface area (Å²) in [6.45, 7) is -0.0484. The molecule has 2 aromatic heterocycles. The van der Waals surface area contributed by atoms with Crippen LogP contribution in [-0.4, -0.2) is 9.67 Å². The van der Waals surface area contributed by atoms with Crippen molar-refractivity contribution in [1.82, 2.24) is 4.57 Å². The number of benzene rings is 3. The van der Waals surface area contributed by atoms with Gasteiger partial charge in [0.25, 0.3) is 5.56 Å². The lowest BCUT2D eigenvalue weighted by Gasteiger charge is -2.14. The third-order valence-electron chi connectivity index (χ3n) is 5.29. The Bertz CT molecular complexity index is 1660. The van der Waals surface area contributed by atoms with Gasteiger partial charge in [-0.2, -0.15) is 0 Å². The van der Waals surface area contributed by atoms with Gasteiger partial charge in [0.2, 0.25) is 0 Å². The number of hydrogen-bond donors (Lipinski definition) is 1. The third kappa shape index (κ3) is 3.75. The Labute approximate surface area is 199 Å². The average molecular weight is 524 g/mol. The summed E-state index contributed by atoms with van der Waals surface area (Å²) in [6.07, 6.45) is 0. The summed E-state index contributed by atoms with van der Waals surface area (Å²) >= 11 is 4.42. The monoisotopic (exact) mass is 523 g/mol. The maximum atomic E-state index is 14.4. The van der Waals surface area contributed by atoms with Crippen LogP contribution >= 0.6 is 27.7 Å². The number of pyridine rings is 1. The lowest BCUT2D eigenvalue weighted by Crippen LogP contribution is -2.23. The van der Waals surface area contributed by atoms with Gasteiger partial charge in [-0.25, -0.2) is 9.18 Å². The average Bonchev–Trinajstić information content (AvgIpc) is 2.81. The van der Waals surface area contributed by atoms with Gasteiger partial charge in [0.15, 0.2) is 11.3 Å². The van der Waals surface area contributed by atoms with E-state index < -0.39 is 22.8 Å². The summed E-state index contributed by atoms with van der Waals surface area (Å²) in [4.78, 5) is 27.0. The molecule has 5 rings (SSSR count). The molecule has 0 bridgehead atoms. The lowest BCUT2D eigenvalue weighted by molar-refractivity contribution is 0.446. The molecule has 0 radical (unpaired) electrons. The van der Waals surface area contributed by atoms with Crippen LogP contribution in [0.25, 0.3) is 21.9 Å². The van der Waals surface area contributed by atoms with E-state index in [9.17, 15) is 19.1 Å². The summed E-state index contributed by atoms with van der Waals surface area (Å²) in [5.74, 6) is -0.900. The maximum absolute atomic E-state index is 14.4. The van der Waals surface area contributed by atoms with Crippen LogP contribution in [0.1, 0.15) is 5.56 Å². The van der Waals surface area contributed by atoms with E-state index in [1.165, 1.54) is 10.6 Å². The largest absolute Gasteiger partial charge is 0.505 e. The molecule has 2 heterocycles. The van der Waals surface area contributed by atoms with Crippen LogP contribution in [0.4, 0.5) is 4.39 Å². The van der Waals surface area contributed by atoms with Gasteiger partial charge in [-0.1, -0.05) is 54.2 Å². The van der Waals surface area contributed by atoms with Gasteiger partial charge in [-0.05, 0) is 46.3 Å². The number of aromatic nitrogens is 1. The predicted molar refractivity (Wildman–Crippen MR) is 130 cm³/mol. The molecule has 0 fully saturated rings. The highest BCUT2D eigenvalue weighted by Crippen LogP contribution is 2.39. The van der Waals surface area contributed by atoms with Crippen LogP contribution in [0, 0.1) is 5.82 Å². The Balaban J connectivity index is 1.81. The van der Waals surface area contributed by atoms with Crippen LogP contribution < -0.4 is 11.2 Å². The van der Waals surface area contributed by atoms with Crippen molar-refractivity contribution in [2.75, 3.05) is 0 Å². The van der Waals surface area contributed by atoms with E-state index in [4.69, 9.17) is 4.42 Å². The molecule has 0 amide bonds. The van der Waals surface area contributed by atoms with Crippen molar-refractivity contribution in [3.8, 4) is 5.75 Å². The number of rotatable bonds is 4. The number of aromatic hydroxyl groups is 1. The standard InChI is InChI=1S/C25H15BrFNO4S/c26-16-9-3-6-12-19(16)33-23-21(29)20-22(32-25(23)31)15-8-2-5-11-18(15)28(24(20)30)13-14-7-1-4-10-17(14)27/h1-12,29H,13H2. The van der Waals surface area contributed by atoms with E-state index >= 15 is 0 Å². The second-order valence-corrected chi connectivity index (χ2v) is 9.21. The number of para-hydroxylation sites is 1. The molecule has 1 N–H and O–H groups in total. The van der Waals surface area contributed by atoms with Crippen LogP contribution in [-0.2, 0) is 6.54 Å². The first-order valence-corrected chi connectivity index (χ1v) is 11.5. The molecule has 0 aliphatic rings. The summed E-state index contributed by atoms with van der Waals surface area (Å²) < 4.78 is 22.0. The molecule has 5 aromatic rings. The van der Waals surface area contributed by atoms with E-state index in [1.54, 1.807) is 60.7 Å². The molecule has 164 valence electrons. The highest BCUT2D eigenvalue weighted by Gasteiger charge is 2.23. The molecule has 0 unspecified atom stereocenters. The van der Waals surface area contributed by atoms with Crippen LogP contribution in [0.15, 0.2) is 101 Å². The van der Waals surface area contributed by atoms with E-state index in [2.05, 4.69) is 15.9 Å². The molecular weight excluding hydrogens is 509 g/mol. The first-order valence-electron chi connectivity index (χ1n) is 9.93. The first-order chi connectivity index (χ1) is 16.0. The van der Waals surface area contributed by atoms with Crippen molar-refractivity contribution in [3.63, 3.8) is 0 Å². The van der Waals surface area contributed by atoms with Crippen molar-refractivity contribution in [1.29, 1.82) is 0 Å². The molecule has 0 aliphatic heterocycles. The molecule has 0 saturated heterocycles. The predicted octanol–water partition coefficient (Wildman–Crippen LogP) is 5.91. The molecule has 8 heteroatoms. The molecule has 0 saturated carbocycles. The van der Waals surface area contributed by atoms with Crippen molar-refractivity contribution in [2.45, 2.75) is 16.3 Å². The number of hydrogen-bond acceptors (Lipinski definition) is 5. The Morgan fingerprint density at radius 2 is 1.67 bits per heavy atom. The Hall–Kier alpha value is -3.36. The number of fused-ring (bicyclic) bond motifs is 3. The highest BCUT2D eigenvalue weighted by molar-refractivity contribution is 9.10. The third-order valence-corrected chi connectivity index (χ3v) is 7.39. The van der Waals surface area contributed by atoms with E-state index in [0.717, 1.165) is 16.2 Å². The van der Waals surface area contributed by atoms with Gasteiger partial charge in [0.05, 0.1) is 12.1 Å². The Morgan fingerprint density at radius 3 is 2.45 bits per heavy atom. The fraction of sp³-hybridized carbons (Fsp3) is 0.0400. The SMILES string of the molecule is O=c1oc2c(c(O)c1Sc1ccccc1Br)c(=O)n(Cc1ccccc1F)c1ccccc21. The molecule has 0 spiro atoms. The minimum absolute atomic E-state index is 0.000592. The van der Waals surface area contributed by atoms with E-state index in [0.29, 0.717) is 21.4 Å². The molecule has 0 aliphatic carbocycles. The van der Waals surface area contributed by atoms with Crippen LogP contribution in [0.5, 0.6) is 5.75 Å². The maximum Gasteiger partial charge on any atom is 0.354 e. The quantitative estimate of drug-likeness (QED) is 0.296. The van der Waals surface area contributed by atoms with Gasteiger partial charge in [-0.15, -0.1) is 0 Å². The minimum atomic E-state index is -0.753. The summed E-state index contributed by atoms with van der Waals surface area (Å²) in [5.41, 5.74) is -0.547. The fourth-order valence-corrected chi connectivity index (χ4v) is 5.11. The molecule has 3 aromatic carbocycles. The summed E-state index contributed by atoms with van der Waals surface area (Å²) in [7, 11) is 0. The van der Waals surface area contributed by atoms with Crippen LogP contribution in [0.2, 0.25) is 0 Å². The van der Waals surface area contributed by atoms with E-state index in [-0.39, 0.29) is 22.4 Å². The van der Waals surface area contributed by atoms with Gasteiger partial charge >= 0.3 is 5.63 Å². The van der Waals surface area contributed by atoms with Crippen molar-refractivity contribution < 1.29 is 13.9 Å². The minimum Gasteiger partial charge on any atom is -0.505 e. The van der Waals surface area contributed by atoms with Gasteiger partial charge in [0.1, 0.15) is 16.1 Å². The summed E-state index contributed by atoms with van der Waals surface area (Å²) in [5, 5.41) is 11.4. The van der Waals surface area contributed by atoms with Crippen LogP contribution in [0.3, 0.4) is 0 Å². The summed E-state index contributed by atoms with van der Waals surface area (Å²) in [6, 6.07) is 20.2. The lowest BCUT2D eigenvalue weighted by atomic mass is 10.1. The van der Waals surface area contributed by atoms with Gasteiger partial charge in [0, 0.05) is 20.3 Å². The van der Waals surface area contributed by atoms with E-state index in [1.807, 2.05) is 6.07 Å². The Kier molecular flexibility index (Phi) is 5.55. The number of halogens is 2. The zero-order valence-electron chi connectivity index (χ0n) is 16.9. The zero-order chi connectivity index (χ0) is 23.1. The number of nitrogens with zero attached hydrogens (tertiary/aromatic N) is 1. The Morgan fingerprint density at radius 1 is 0.970 bits per heavy atom. The topological polar surface area (TPSA) is 72.4 Å². The zero-order valence-corrected chi connectivity index (χ0v) is 19.3. The highest BCUT2D eigenvalue weighted by atomic mass is 79.9. The molecule has 5 nitrogen and oxygen atoms in total. The fourth-order valence-electron chi connectivity index (χ4n) is 3.72. The van der Waals surface area contributed by atoms with Crippen molar-refractivity contribution in [2.24, 2.45) is 0 Å². The molecular formula is C25H15BrFNO4S. The first kappa shape index (κ1) is 21.5. The second-order valence-electron chi connectivity index (χ2n) is 7.30.